The third-order valence-corrected chi connectivity index (χ3v) is 6.53. The van der Waals surface area contributed by atoms with Gasteiger partial charge in [0.05, 0.1) is 12.1 Å². The maximum atomic E-state index is 12.0. The zero-order valence-electron chi connectivity index (χ0n) is 19.2. The monoisotopic (exact) mass is 458 g/mol. The lowest BCUT2D eigenvalue weighted by Crippen LogP contribution is -2.58. The number of nitrogens with zero attached hydrogens (tertiary/aromatic N) is 6. The van der Waals surface area contributed by atoms with Crippen LogP contribution in [0.5, 0.6) is 0 Å². The second-order valence-electron chi connectivity index (χ2n) is 8.54. The van der Waals surface area contributed by atoms with Gasteiger partial charge in [0.25, 0.3) is 0 Å². The molecule has 1 aliphatic heterocycles. The number of carbonyl (C=O) groups is 2. The fourth-order valence-electron chi connectivity index (χ4n) is 3.72. The highest BCUT2D eigenvalue weighted by Crippen LogP contribution is 2.31. The van der Waals surface area contributed by atoms with Gasteiger partial charge in [-0.15, -0.1) is 0 Å². The predicted octanol–water partition coefficient (Wildman–Crippen LogP) is 1.08. The topological polar surface area (TPSA) is 121 Å². The molecular formula is C21H31N8O2P. The van der Waals surface area contributed by atoms with Crippen molar-refractivity contribution >= 4 is 49.4 Å². The molecule has 0 radical (unpaired) electrons. The van der Waals surface area contributed by atoms with E-state index in [9.17, 15) is 9.59 Å². The minimum Gasteiger partial charge on any atom is -0.382 e. The molecule has 1 fully saturated rings. The Morgan fingerprint density at radius 1 is 1.25 bits per heavy atom. The molecular weight excluding hydrogens is 427 g/mol. The van der Waals surface area contributed by atoms with Crippen LogP contribution in [0.15, 0.2) is 18.3 Å². The molecule has 0 bridgehead atoms. The number of pyridine rings is 1. The summed E-state index contributed by atoms with van der Waals surface area (Å²) in [6, 6.07) is 3.90. The maximum Gasteiger partial charge on any atom is 0.215 e. The highest BCUT2D eigenvalue weighted by atomic mass is 31.1. The number of carbonyl (C=O) groups excluding carboxylic acids is 2. The summed E-state index contributed by atoms with van der Waals surface area (Å²) in [6.07, 6.45) is 3.42. The molecule has 32 heavy (non-hydrogen) atoms. The van der Waals surface area contributed by atoms with E-state index in [0.29, 0.717) is 42.5 Å². The van der Waals surface area contributed by atoms with Gasteiger partial charge in [-0.05, 0) is 46.7 Å². The van der Waals surface area contributed by atoms with Crippen molar-refractivity contribution in [2.45, 2.75) is 25.9 Å². The smallest absolute Gasteiger partial charge is 0.215 e. The second kappa shape index (κ2) is 9.65. The van der Waals surface area contributed by atoms with Crippen LogP contribution < -0.4 is 26.4 Å². The number of piperazine rings is 1. The van der Waals surface area contributed by atoms with Crippen LogP contribution in [0.2, 0.25) is 0 Å². The number of aromatic nitrogens is 3. The van der Waals surface area contributed by atoms with Gasteiger partial charge in [0, 0.05) is 32.9 Å². The van der Waals surface area contributed by atoms with Gasteiger partial charge in [-0.3, -0.25) is 14.5 Å². The Kier molecular flexibility index (Phi) is 7.13. The number of hydrogen-bond donors (Lipinski definition) is 2. The van der Waals surface area contributed by atoms with Gasteiger partial charge in [0.1, 0.15) is 11.5 Å². The van der Waals surface area contributed by atoms with E-state index in [2.05, 4.69) is 25.2 Å². The van der Waals surface area contributed by atoms with Crippen LogP contribution in [-0.4, -0.2) is 78.2 Å². The number of hydrogen-bond acceptors (Lipinski definition) is 8. The Balaban J connectivity index is 1.80. The molecule has 172 valence electrons. The Morgan fingerprint density at radius 3 is 2.53 bits per heavy atom. The minimum atomic E-state index is -0.575. The maximum absolute atomic E-state index is 12.0. The average Bonchev–Trinajstić information content (AvgIpc) is 2.76. The van der Waals surface area contributed by atoms with Crippen molar-refractivity contribution in [1.82, 2.24) is 19.9 Å². The van der Waals surface area contributed by atoms with Gasteiger partial charge in [0.15, 0.2) is 17.2 Å². The number of nitrogen functional groups attached to an aromatic ring is 1. The molecule has 1 aliphatic rings. The molecule has 0 saturated carbocycles. The first-order chi connectivity index (χ1) is 15.2. The van der Waals surface area contributed by atoms with Crippen LogP contribution in [0, 0.1) is 0 Å². The summed E-state index contributed by atoms with van der Waals surface area (Å²) < 4.78 is 0. The van der Waals surface area contributed by atoms with Crippen LogP contribution in [0.25, 0.3) is 0 Å². The first-order valence-corrected chi connectivity index (χ1v) is 12.6. The quantitative estimate of drug-likeness (QED) is 0.445. The van der Waals surface area contributed by atoms with Crippen molar-refractivity contribution in [2.75, 3.05) is 60.9 Å². The number of rotatable bonds is 8. The fraction of sp³-hybridized carbons (Fsp3) is 0.476. The van der Waals surface area contributed by atoms with E-state index >= 15 is 0 Å². The van der Waals surface area contributed by atoms with Crippen molar-refractivity contribution in [3.05, 3.63) is 23.9 Å². The lowest BCUT2D eigenvalue weighted by Gasteiger charge is -2.45. The first kappa shape index (κ1) is 23.7. The molecule has 3 heterocycles. The summed E-state index contributed by atoms with van der Waals surface area (Å²) in [5, 5.41) is 3.00. The largest absolute Gasteiger partial charge is 0.382 e. The zero-order valence-corrected chi connectivity index (χ0v) is 20.1. The molecule has 1 saturated heterocycles. The van der Waals surface area contributed by atoms with Crippen LogP contribution in [0.4, 0.5) is 23.1 Å². The lowest BCUT2D eigenvalue weighted by molar-refractivity contribution is -0.123. The lowest BCUT2D eigenvalue weighted by atomic mass is 9.99. The number of nitrogens with two attached hydrogens (primary N) is 1. The van der Waals surface area contributed by atoms with Crippen LogP contribution >= 0.6 is 7.92 Å². The van der Waals surface area contributed by atoms with Gasteiger partial charge in [-0.25, -0.2) is 15.0 Å². The molecule has 11 heteroatoms. The van der Waals surface area contributed by atoms with E-state index in [1.54, 1.807) is 13.2 Å². The van der Waals surface area contributed by atoms with E-state index < -0.39 is 7.92 Å². The Morgan fingerprint density at radius 2 is 2.00 bits per heavy atom. The molecule has 0 spiro atoms. The molecule has 2 aromatic rings. The summed E-state index contributed by atoms with van der Waals surface area (Å²) >= 11 is 0. The number of anilines is 4. The highest BCUT2D eigenvalue weighted by Gasteiger charge is 2.33. The van der Waals surface area contributed by atoms with Gasteiger partial charge in [0.2, 0.25) is 12.8 Å². The van der Waals surface area contributed by atoms with Crippen molar-refractivity contribution in [3.8, 4) is 0 Å². The van der Waals surface area contributed by atoms with Crippen molar-refractivity contribution in [3.63, 3.8) is 0 Å². The van der Waals surface area contributed by atoms with E-state index in [-0.39, 0.29) is 5.54 Å². The highest BCUT2D eigenvalue weighted by molar-refractivity contribution is 7.63. The summed E-state index contributed by atoms with van der Waals surface area (Å²) in [5.41, 5.74) is 7.88. The van der Waals surface area contributed by atoms with Crippen molar-refractivity contribution < 1.29 is 9.59 Å². The molecule has 0 unspecified atom stereocenters. The summed E-state index contributed by atoms with van der Waals surface area (Å²) in [6.45, 7) is 10.5. The Labute approximate surface area is 190 Å². The first-order valence-electron chi connectivity index (χ1n) is 10.4. The van der Waals surface area contributed by atoms with Crippen LogP contribution in [-0.2, 0) is 16.1 Å². The normalized spacial score (nSPS) is 15.6. The third-order valence-electron chi connectivity index (χ3n) is 5.53. The second-order valence-corrected chi connectivity index (χ2v) is 10.7. The van der Waals surface area contributed by atoms with E-state index in [1.807, 2.05) is 44.2 Å². The van der Waals surface area contributed by atoms with Crippen LogP contribution in [0.1, 0.15) is 19.4 Å². The summed E-state index contributed by atoms with van der Waals surface area (Å²) in [4.78, 5) is 42.3. The van der Waals surface area contributed by atoms with Gasteiger partial charge in [-0.1, -0.05) is 6.07 Å². The van der Waals surface area contributed by atoms with Crippen molar-refractivity contribution in [1.29, 1.82) is 0 Å². The molecule has 0 atom stereocenters. The minimum absolute atomic E-state index is 0.263. The molecule has 3 rings (SSSR count). The van der Waals surface area contributed by atoms with E-state index in [4.69, 9.17) is 5.73 Å². The fourth-order valence-corrected chi connectivity index (χ4v) is 4.32. The number of nitrogens with one attached hydrogen (secondary N) is 1. The SMILES string of the molecule is CNc1c(N)nc(P(C)C)nc1N(C=O)Cc1ccc(N2CCN(C=O)C(C)(C)C2)nc1. The molecule has 0 aromatic carbocycles. The summed E-state index contributed by atoms with van der Waals surface area (Å²) in [7, 11) is 1.15. The van der Waals surface area contributed by atoms with E-state index in [0.717, 1.165) is 30.7 Å². The molecule has 0 aliphatic carbocycles. The Hall–Kier alpha value is -3.00. The third kappa shape index (κ3) is 4.91. The molecule has 2 aromatic heterocycles. The number of amides is 2. The average molecular weight is 459 g/mol. The summed E-state index contributed by atoms with van der Waals surface area (Å²) in [5.74, 6) is 1.62. The standard InChI is InChI=1S/C21H31N8O2P/c1-21(2)12-27(8-9-29(21)14-31)16-7-6-15(10-24-16)11-28(13-30)19-17(23-3)18(22)25-20(26-19)32(4)5/h6-7,10,13-14,23H,8-9,11-12H2,1-5H3,(H2,22,25,26). The van der Waals surface area contributed by atoms with Crippen molar-refractivity contribution in [2.24, 2.45) is 0 Å². The molecule has 2 amide bonds. The van der Waals surface area contributed by atoms with E-state index in [1.165, 1.54) is 4.90 Å². The van der Waals surface area contributed by atoms with Crippen LogP contribution in [0.3, 0.4) is 0 Å². The Bertz CT molecular complexity index is 967. The molecule has 3 N–H and O–H groups in total. The zero-order chi connectivity index (χ0) is 23.5. The predicted molar refractivity (Wildman–Crippen MR) is 130 cm³/mol. The molecule has 10 nitrogen and oxygen atoms in total. The van der Waals surface area contributed by atoms with Gasteiger partial charge in [-0.2, -0.15) is 0 Å². The van der Waals surface area contributed by atoms with Gasteiger partial charge >= 0.3 is 0 Å². The van der Waals surface area contributed by atoms with Gasteiger partial charge < -0.3 is 20.9 Å².